The van der Waals surface area contributed by atoms with Gasteiger partial charge in [-0.2, -0.15) is 15.1 Å². The number of nitrogens with one attached hydrogen (secondary N) is 1. The van der Waals surface area contributed by atoms with Crippen molar-refractivity contribution in [2.24, 2.45) is 10.1 Å². The van der Waals surface area contributed by atoms with Crippen LogP contribution in [0.25, 0.3) is 6.08 Å². The molecule has 4 rings (SSSR count). The Morgan fingerprint density at radius 2 is 2.04 bits per heavy atom. The van der Waals surface area contributed by atoms with Crippen LogP contribution >= 0.6 is 23.4 Å². The van der Waals surface area contributed by atoms with Gasteiger partial charge in [0.2, 0.25) is 5.17 Å². The van der Waals surface area contributed by atoms with Crippen LogP contribution in [0, 0.1) is 5.41 Å². The van der Waals surface area contributed by atoms with Crippen LogP contribution in [0.3, 0.4) is 0 Å². The average Bonchev–Trinajstić information content (AvgIpc) is 3.22. The van der Waals surface area contributed by atoms with Crippen molar-refractivity contribution in [3.63, 3.8) is 0 Å². The number of aliphatic imine (C=N–C) groups is 1. The van der Waals surface area contributed by atoms with E-state index in [-0.39, 0.29) is 11.4 Å². The van der Waals surface area contributed by atoms with E-state index in [0.717, 1.165) is 5.56 Å². The van der Waals surface area contributed by atoms with Crippen LogP contribution in [0.5, 0.6) is 0 Å². The molecule has 1 N–H and O–H groups in total. The maximum absolute atomic E-state index is 12.3. The van der Waals surface area contributed by atoms with Gasteiger partial charge in [0, 0.05) is 5.02 Å². The number of thioether (sulfide) groups is 1. The highest BCUT2D eigenvalue weighted by molar-refractivity contribution is 8.27. The highest BCUT2D eigenvalue weighted by Crippen LogP contribution is 2.31. The van der Waals surface area contributed by atoms with E-state index < -0.39 is 5.91 Å². The molecule has 0 bridgehead atoms. The second-order valence-corrected chi connectivity index (χ2v) is 6.35. The minimum Gasteiger partial charge on any atom is -0.462 e. The Labute approximate surface area is 146 Å². The summed E-state index contributed by atoms with van der Waals surface area (Å²) in [5.41, 5.74) is 0.930. The molecule has 1 aromatic heterocycles. The second kappa shape index (κ2) is 5.77. The topological polar surface area (TPSA) is 82.0 Å². The molecular formula is C16H9ClN4O2S. The van der Waals surface area contributed by atoms with Gasteiger partial charge in [0.1, 0.15) is 0 Å². The normalized spacial score (nSPS) is 18.7. The number of furan rings is 1. The van der Waals surface area contributed by atoms with Crippen LogP contribution in [0.1, 0.15) is 11.3 Å². The number of amides is 1. The Morgan fingerprint density at radius 1 is 1.25 bits per heavy atom. The van der Waals surface area contributed by atoms with Gasteiger partial charge in [0.25, 0.3) is 5.91 Å². The molecular weight excluding hydrogens is 348 g/mol. The smallest absolute Gasteiger partial charge is 0.283 e. The molecule has 0 radical (unpaired) electrons. The zero-order valence-corrected chi connectivity index (χ0v) is 13.6. The first kappa shape index (κ1) is 14.9. The lowest BCUT2D eigenvalue weighted by molar-refractivity contribution is -0.114. The van der Waals surface area contributed by atoms with E-state index in [1.54, 1.807) is 48.7 Å². The van der Waals surface area contributed by atoms with E-state index in [1.165, 1.54) is 16.8 Å². The lowest BCUT2D eigenvalue weighted by Gasteiger charge is -2.20. The minimum atomic E-state index is -0.468. The molecule has 118 valence electrons. The molecule has 0 unspecified atom stereocenters. The number of hydrazone groups is 1. The highest BCUT2D eigenvalue weighted by Gasteiger charge is 2.36. The van der Waals surface area contributed by atoms with Crippen molar-refractivity contribution in [3.8, 4) is 0 Å². The highest BCUT2D eigenvalue weighted by atomic mass is 35.5. The molecule has 6 nitrogen and oxygen atoms in total. The first-order valence-corrected chi connectivity index (χ1v) is 8.11. The molecule has 2 aliphatic rings. The summed E-state index contributed by atoms with van der Waals surface area (Å²) in [6.07, 6.45) is 3.15. The van der Waals surface area contributed by atoms with Crippen LogP contribution in [-0.4, -0.2) is 27.0 Å². The van der Waals surface area contributed by atoms with E-state index in [4.69, 9.17) is 21.4 Å². The Balaban J connectivity index is 1.70. The number of hydrogen-bond acceptors (Lipinski definition) is 5. The molecule has 24 heavy (non-hydrogen) atoms. The van der Waals surface area contributed by atoms with Gasteiger partial charge in [0.05, 0.1) is 11.8 Å². The second-order valence-electron chi connectivity index (χ2n) is 4.95. The summed E-state index contributed by atoms with van der Waals surface area (Å²) < 4.78 is 5.30. The predicted octanol–water partition coefficient (Wildman–Crippen LogP) is 3.60. The van der Waals surface area contributed by atoms with E-state index in [9.17, 15) is 4.79 Å². The summed E-state index contributed by atoms with van der Waals surface area (Å²) in [7, 11) is 0. The van der Waals surface area contributed by atoms with E-state index in [0.29, 0.717) is 21.0 Å². The molecule has 3 heterocycles. The van der Waals surface area contributed by atoms with Crippen LogP contribution in [0.2, 0.25) is 5.02 Å². The van der Waals surface area contributed by atoms with Crippen molar-refractivity contribution in [1.29, 1.82) is 5.41 Å². The number of carbonyl (C=O) groups is 1. The maximum Gasteiger partial charge on any atom is 0.283 e. The summed E-state index contributed by atoms with van der Waals surface area (Å²) in [4.78, 5) is 16.3. The van der Waals surface area contributed by atoms with Gasteiger partial charge in [-0.05, 0) is 47.7 Å². The third kappa shape index (κ3) is 2.57. The van der Waals surface area contributed by atoms with Crippen molar-refractivity contribution in [1.82, 2.24) is 5.01 Å². The summed E-state index contributed by atoms with van der Waals surface area (Å²) in [5.74, 6) is 0.0826. The van der Waals surface area contributed by atoms with Gasteiger partial charge in [-0.15, -0.1) is 0 Å². The quantitative estimate of drug-likeness (QED) is 0.833. The van der Waals surface area contributed by atoms with Gasteiger partial charge >= 0.3 is 0 Å². The monoisotopic (exact) mass is 356 g/mol. The largest absolute Gasteiger partial charge is 0.462 e. The third-order valence-corrected chi connectivity index (χ3v) is 4.54. The lowest BCUT2D eigenvalue weighted by atomic mass is 10.1. The fourth-order valence-corrected chi connectivity index (χ4v) is 3.20. The number of hydrogen-bond donors (Lipinski definition) is 1. The Hall–Kier alpha value is -2.64. The third-order valence-electron chi connectivity index (χ3n) is 3.37. The number of carbonyl (C=O) groups excluding carboxylic acids is 1. The fourth-order valence-electron chi connectivity index (χ4n) is 2.22. The number of halogens is 1. The van der Waals surface area contributed by atoms with E-state index in [2.05, 4.69) is 10.1 Å². The molecule has 0 spiro atoms. The van der Waals surface area contributed by atoms with Crippen LogP contribution in [0.15, 0.2) is 62.7 Å². The Kier molecular flexibility index (Phi) is 3.59. The van der Waals surface area contributed by atoms with Crippen molar-refractivity contribution >= 4 is 51.4 Å². The Morgan fingerprint density at radius 3 is 2.75 bits per heavy atom. The first-order valence-electron chi connectivity index (χ1n) is 6.91. The number of rotatable bonds is 2. The number of fused-ring (bicyclic) bond motifs is 1. The average molecular weight is 357 g/mol. The predicted molar refractivity (Wildman–Crippen MR) is 94.3 cm³/mol. The van der Waals surface area contributed by atoms with E-state index in [1.807, 2.05) is 0 Å². The molecule has 1 amide bonds. The molecule has 1 aromatic carbocycles. The van der Waals surface area contributed by atoms with E-state index >= 15 is 0 Å². The molecule has 0 atom stereocenters. The zero-order valence-electron chi connectivity index (χ0n) is 12.1. The molecule has 0 saturated carbocycles. The van der Waals surface area contributed by atoms with Crippen molar-refractivity contribution in [2.45, 2.75) is 0 Å². The summed E-state index contributed by atoms with van der Waals surface area (Å²) >= 11 is 7.06. The SMILES string of the molecule is N=C1/C(=C/c2ccc(Cl)cc2)C(=O)N=C2SC(c3ccco3)=NN12. The molecule has 2 aliphatic heterocycles. The van der Waals surface area contributed by atoms with Gasteiger partial charge in [0.15, 0.2) is 16.6 Å². The maximum atomic E-state index is 12.3. The number of nitrogens with zero attached hydrogens (tertiary/aromatic N) is 3. The molecule has 0 aliphatic carbocycles. The standard InChI is InChI=1S/C16H9ClN4O2S/c17-10-5-3-9(4-6-10)8-11-13(18)21-16(19-14(11)22)24-15(20-21)12-2-1-7-23-12/h1-8,18H/b11-8-,18-13?. The number of amidine groups is 2. The number of benzene rings is 1. The molecule has 0 saturated heterocycles. The molecule has 2 aromatic rings. The zero-order chi connectivity index (χ0) is 16.7. The van der Waals surface area contributed by atoms with Gasteiger partial charge < -0.3 is 4.42 Å². The fraction of sp³-hybridized carbons (Fsp3) is 0. The van der Waals surface area contributed by atoms with Crippen LogP contribution in [-0.2, 0) is 4.79 Å². The summed E-state index contributed by atoms with van der Waals surface area (Å²) in [5, 5.41) is 15.5. The minimum absolute atomic E-state index is 0.0194. The molecule has 8 heteroatoms. The van der Waals surface area contributed by atoms with Crippen LogP contribution < -0.4 is 0 Å². The first-order chi connectivity index (χ1) is 11.6. The van der Waals surface area contributed by atoms with Crippen molar-refractivity contribution in [3.05, 3.63) is 64.6 Å². The molecule has 0 fully saturated rings. The van der Waals surface area contributed by atoms with Gasteiger partial charge in [-0.1, -0.05) is 23.7 Å². The van der Waals surface area contributed by atoms with Crippen molar-refractivity contribution < 1.29 is 9.21 Å². The lowest BCUT2D eigenvalue weighted by Crippen LogP contribution is -2.35. The van der Waals surface area contributed by atoms with Gasteiger partial charge in [-0.25, -0.2) is 0 Å². The summed E-state index contributed by atoms with van der Waals surface area (Å²) in [6.45, 7) is 0. The van der Waals surface area contributed by atoms with Crippen LogP contribution in [0.4, 0.5) is 0 Å². The Bertz CT molecular complexity index is 929. The van der Waals surface area contributed by atoms with Gasteiger partial charge in [-0.3, -0.25) is 10.2 Å². The summed E-state index contributed by atoms with van der Waals surface area (Å²) in [6, 6.07) is 10.5. The van der Waals surface area contributed by atoms with Crippen molar-refractivity contribution in [2.75, 3.05) is 0 Å².